The fourth-order valence-corrected chi connectivity index (χ4v) is 3.68. The number of nitrogens with zero attached hydrogens (tertiary/aromatic N) is 4. The van der Waals surface area contributed by atoms with Crippen molar-refractivity contribution < 1.29 is 4.92 Å². The SMILES string of the molecule is O=[N+]([O-])c1ccc(-c2csc3nc(-c4ccccc4Br)nn23)cc1. The van der Waals surface area contributed by atoms with E-state index in [9.17, 15) is 10.1 Å². The van der Waals surface area contributed by atoms with Crippen molar-refractivity contribution in [2.45, 2.75) is 0 Å². The Hall–Kier alpha value is -2.58. The van der Waals surface area contributed by atoms with Gasteiger partial charge in [-0.2, -0.15) is 4.98 Å². The molecule has 6 nitrogen and oxygen atoms in total. The van der Waals surface area contributed by atoms with Crippen molar-refractivity contribution in [1.82, 2.24) is 14.6 Å². The van der Waals surface area contributed by atoms with E-state index in [4.69, 9.17) is 0 Å². The Balaban J connectivity index is 1.80. The number of rotatable bonds is 3. The Kier molecular flexibility index (Phi) is 3.62. The molecule has 0 N–H and O–H groups in total. The molecule has 0 saturated heterocycles. The van der Waals surface area contributed by atoms with Gasteiger partial charge in [0.25, 0.3) is 5.69 Å². The van der Waals surface area contributed by atoms with E-state index in [1.165, 1.54) is 23.5 Å². The highest BCUT2D eigenvalue weighted by Gasteiger charge is 2.15. The lowest BCUT2D eigenvalue weighted by Crippen LogP contribution is -1.91. The minimum atomic E-state index is -0.409. The monoisotopic (exact) mass is 400 g/mol. The van der Waals surface area contributed by atoms with Gasteiger partial charge in [-0.05, 0) is 24.3 Å². The van der Waals surface area contributed by atoms with Gasteiger partial charge < -0.3 is 0 Å². The van der Waals surface area contributed by atoms with Crippen LogP contribution in [0.4, 0.5) is 5.69 Å². The number of aromatic nitrogens is 3. The van der Waals surface area contributed by atoms with Crippen LogP contribution < -0.4 is 0 Å². The van der Waals surface area contributed by atoms with Crippen molar-refractivity contribution in [3.05, 3.63) is 68.5 Å². The maximum atomic E-state index is 10.8. The summed E-state index contributed by atoms with van der Waals surface area (Å²) in [6.07, 6.45) is 0. The first-order valence-electron chi connectivity index (χ1n) is 6.97. The Morgan fingerprint density at radius 1 is 1.12 bits per heavy atom. The molecule has 0 saturated carbocycles. The summed E-state index contributed by atoms with van der Waals surface area (Å²) in [6.45, 7) is 0. The fraction of sp³-hybridized carbons (Fsp3) is 0. The molecule has 118 valence electrons. The van der Waals surface area contributed by atoms with Crippen LogP contribution in [0, 0.1) is 10.1 Å². The van der Waals surface area contributed by atoms with Crippen LogP contribution in [0.15, 0.2) is 58.4 Å². The normalized spacial score (nSPS) is 11.0. The lowest BCUT2D eigenvalue weighted by Gasteiger charge is -1.99. The summed E-state index contributed by atoms with van der Waals surface area (Å²) in [5, 5.41) is 17.3. The summed E-state index contributed by atoms with van der Waals surface area (Å²) in [5.74, 6) is 0.637. The van der Waals surface area contributed by atoms with Gasteiger partial charge >= 0.3 is 0 Å². The van der Waals surface area contributed by atoms with Gasteiger partial charge in [0.2, 0.25) is 4.96 Å². The summed E-state index contributed by atoms with van der Waals surface area (Å²) >= 11 is 4.99. The van der Waals surface area contributed by atoms with Gasteiger partial charge in [-0.3, -0.25) is 10.1 Å². The predicted molar refractivity (Wildman–Crippen MR) is 96.1 cm³/mol. The third-order valence-electron chi connectivity index (χ3n) is 3.57. The second-order valence-electron chi connectivity index (χ2n) is 5.03. The number of nitro benzene ring substituents is 1. The molecule has 0 aliphatic rings. The molecule has 24 heavy (non-hydrogen) atoms. The lowest BCUT2D eigenvalue weighted by molar-refractivity contribution is -0.384. The second-order valence-corrected chi connectivity index (χ2v) is 6.73. The smallest absolute Gasteiger partial charge is 0.258 e. The Bertz CT molecular complexity index is 1060. The average Bonchev–Trinajstić information content (AvgIpc) is 3.16. The molecule has 4 rings (SSSR count). The molecule has 0 atom stereocenters. The van der Waals surface area contributed by atoms with E-state index < -0.39 is 4.92 Å². The summed E-state index contributed by atoms with van der Waals surface area (Å²) in [5.41, 5.74) is 2.70. The molecule has 8 heteroatoms. The van der Waals surface area contributed by atoms with Crippen molar-refractivity contribution in [3.8, 4) is 22.6 Å². The zero-order chi connectivity index (χ0) is 16.7. The second kappa shape index (κ2) is 5.81. The van der Waals surface area contributed by atoms with E-state index in [0.29, 0.717) is 5.82 Å². The maximum Gasteiger partial charge on any atom is 0.269 e. The molecule has 0 amide bonds. The van der Waals surface area contributed by atoms with Gasteiger partial charge in [0.05, 0.1) is 10.6 Å². The van der Waals surface area contributed by atoms with Crippen LogP contribution in [0.1, 0.15) is 0 Å². The number of benzene rings is 2. The van der Waals surface area contributed by atoms with Crippen LogP contribution in [0.3, 0.4) is 0 Å². The molecule has 0 unspecified atom stereocenters. The summed E-state index contributed by atoms with van der Waals surface area (Å²) in [6, 6.07) is 14.2. The van der Waals surface area contributed by atoms with Crippen LogP contribution in [-0.2, 0) is 0 Å². The first-order valence-corrected chi connectivity index (χ1v) is 8.65. The molecule has 2 aromatic heterocycles. The number of thiazole rings is 1. The van der Waals surface area contributed by atoms with Gasteiger partial charge in [-0.15, -0.1) is 16.4 Å². The average molecular weight is 401 g/mol. The van der Waals surface area contributed by atoms with E-state index in [2.05, 4.69) is 26.0 Å². The van der Waals surface area contributed by atoms with Crippen LogP contribution in [0.25, 0.3) is 27.6 Å². The highest BCUT2D eigenvalue weighted by atomic mass is 79.9. The third-order valence-corrected chi connectivity index (χ3v) is 5.08. The minimum Gasteiger partial charge on any atom is -0.258 e. The number of halogens is 1. The standard InChI is InChI=1S/C16H9BrN4O2S/c17-13-4-2-1-3-12(13)15-18-16-20(19-15)14(9-24-16)10-5-7-11(8-6-10)21(22)23/h1-9H. The molecule has 0 aliphatic heterocycles. The van der Waals surface area contributed by atoms with Crippen LogP contribution in [0.2, 0.25) is 0 Å². The van der Waals surface area contributed by atoms with Crippen molar-refractivity contribution in [1.29, 1.82) is 0 Å². The Labute approximate surface area is 148 Å². The van der Waals surface area contributed by atoms with Gasteiger partial charge in [0, 0.05) is 33.1 Å². The molecule has 2 heterocycles. The lowest BCUT2D eigenvalue weighted by atomic mass is 10.1. The van der Waals surface area contributed by atoms with Gasteiger partial charge in [-0.1, -0.05) is 28.1 Å². The van der Waals surface area contributed by atoms with E-state index in [0.717, 1.165) is 26.3 Å². The predicted octanol–water partition coefficient (Wildman–Crippen LogP) is 4.80. The molecule has 0 radical (unpaired) electrons. The van der Waals surface area contributed by atoms with Crippen LogP contribution in [0.5, 0.6) is 0 Å². The molecular formula is C16H9BrN4O2S. The van der Waals surface area contributed by atoms with E-state index in [1.807, 2.05) is 29.6 Å². The Morgan fingerprint density at radius 2 is 1.88 bits per heavy atom. The third kappa shape index (κ3) is 2.49. The number of hydrogen-bond donors (Lipinski definition) is 0. The van der Waals surface area contributed by atoms with Gasteiger partial charge in [0.15, 0.2) is 5.82 Å². The zero-order valence-corrected chi connectivity index (χ0v) is 14.5. The number of fused-ring (bicyclic) bond motifs is 1. The van der Waals surface area contributed by atoms with Crippen molar-refractivity contribution in [3.63, 3.8) is 0 Å². The van der Waals surface area contributed by atoms with Crippen molar-refractivity contribution >= 4 is 37.9 Å². The van der Waals surface area contributed by atoms with Crippen LogP contribution in [-0.4, -0.2) is 19.5 Å². The summed E-state index contributed by atoms with van der Waals surface area (Å²) in [7, 11) is 0. The fourth-order valence-electron chi connectivity index (χ4n) is 2.39. The molecular weight excluding hydrogens is 392 g/mol. The maximum absolute atomic E-state index is 10.8. The Morgan fingerprint density at radius 3 is 2.58 bits per heavy atom. The van der Waals surface area contributed by atoms with Gasteiger partial charge in [-0.25, -0.2) is 4.52 Å². The van der Waals surface area contributed by atoms with Crippen LogP contribution >= 0.6 is 27.3 Å². The highest BCUT2D eigenvalue weighted by Crippen LogP contribution is 2.30. The summed E-state index contributed by atoms with van der Waals surface area (Å²) < 4.78 is 2.70. The first kappa shape index (κ1) is 15.0. The van der Waals surface area contributed by atoms with Crippen molar-refractivity contribution in [2.75, 3.05) is 0 Å². The number of nitro groups is 1. The first-order chi connectivity index (χ1) is 11.6. The van der Waals surface area contributed by atoms with E-state index in [-0.39, 0.29) is 5.69 Å². The van der Waals surface area contributed by atoms with E-state index in [1.54, 1.807) is 16.6 Å². The molecule has 0 aliphatic carbocycles. The minimum absolute atomic E-state index is 0.0673. The molecule has 0 bridgehead atoms. The molecule has 0 fully saturated rings. The quantitative estimate of drug-likeness (QED) is 0.365. The van der Waals surface area contributed by atoms with Crippen molar-refractivity contribution in [2.24, 2.45) is 0 Å². The van der Waals surface area contributed by atoms with E-state index >= 15 is 0 Å². The largest absolute Gasteiger partial charge is 0.269 e. The number of non-ortho nitro benzene ring substituents is 1. The highest BCUT2D eigenvalue weighted by molar-refractivity contribution is 9.10. The molecule has 2 aromatic carbocycles. The number of hydrogen-bond acceptors (Lipinski definition) is 5. The topological polar surface area (TPSA) is 73.3 Å². The van der Waals surface area contributed by atoms with Gasteiger partial charge in [0.1, 0.15) is 0 Å². The zero-order valence-electron chi connectivity index (χ0n) is 12.1. The molecule has 4 aromatic rings. The molecule has 0 spiro atoms. The summed E-state index contributed by atoms with van der Waals surface area (Å²) in [4.78, 5) is 15.7.